The Labute approximate surface area is 128 Å². The fourth-order valence-corrected chi connectivity index (χ4v) is 2.20. The number of aryl methyl sites for hydroxylation is 1. The minimum Gasteiger partial charge on any atom is -0.496 e. The van der Waals surface area contributed by atoms with Gasteiger partial charge in [-0.25, -0.2) is 4.79 Å². The molecule has 0 saturated heterocycles. The number of aromatic nitrogens is 2. The number of urea groups is 1. The van der Waals surface area contributed by atoms with Crippen molar-refractivity contribution in [1.82, 2.24) is 20.8 Å². The van der Waals surface area contributed by atoms with Crippen LogP contribution in [0.1, 0.15) is 36.2 Å². The van der Waals surface area contributed by atoms with Gasteiger partial charge in [-0.3, -0.25) is 0 Å². The van der Waals surface area contributed by atoms with Gasteiger partial charge in [-0.05, 0) is 18.9 Å². The molecule has 1 atom stereocenters. The molecule has 7 heteroatoms. The highest BCUT2D eigenvalue weighted by atomic mass is 16.5. The largest absolute Gasteiger partial charge is 0.496 e. The van der Waals surface area contributed by atoms with Crippen LogP contribution in [0.3, 0.4) is 0 Å². The van der Waals surface area contributed by atoms with E-state index in [9.17, 15) is 4.79 Å². The van der Waals surface area contributed by atoms with Gasteiger partial charge in [0.25, 0.3) is 0 Å². The lowest BCUT2D eigenvalue weighted by Crippen LogP contribution is -2.39. The average Bonchev–Trinajstić information content (AvgIpc) is 3.23. The zero-order valence-corrected chi connectivity index (χ0v) is 12.5. The molecule has 0 spiro atoms. The van der Waals surface area contributed by atoms with E-state index in [0.717, 1.165) is 18.4 Å². The third-order valence-corrected chi connectivity index (χ3v) is 3.44. The first kappa shape index (κ1) is 14.4. The number of para-hydroxylation sites is 1. The fourth-order valence-electron chi connectivity index (χ4n) is 2.20. The normalized spacial score (nSPS) is 15.2. The van der Waals surface area contributed by atoms with E-state index >= 15 is 0 Å². The van der Waals surface area contributed by atoms with E-state index in [-0.39, 0.29) is 12.1 Å². The Bertz CT molecular complexity index is 666. The van der Waals surface area contributed by atoms with Crippen molar-refractivity contribution < 1.29 is 14.1 Å². The van der Waals surface area contributed by atoms with Crippen molar-refractivity contribution in [2.75, 3.05) is 7.11 Å². The number of carbonyl (C=O) groups excluding carboxylic acids is 1. The zero-order valence-electron chi connectivity index (χ0n) is 12.5. The molecule has 2 amide bonds. The minimum atomic E-state index is -0.535. The van der Waals surface area contributed by atoms with Crippen molar-refractivity contribution in [3.05, 3.63) is 41.5 Å². The molecule has 22 heavy (non-hydrogen) atoms. The number of rotatable bonds is 5. The van der Waals surface area contributed by atoms with Crippen molar-refractivity contribution in [1.29, 1.82) is 0 Å². The van der Waals surface area contributed by atoms with Gasteiger partial charge >= 0.3 is 6.03 Å². The Balaban J connectivity index is 1.89. The number of methoxy groups -OCH3 is 1. The Morgan fingerprint density at radius 3 is 2.82 bits per heavy atom. The predicted octanol–water partition coefficient (Wildman–Crippen LogP) is 1.94. The first-order valence-electron chi connectivity index (χ1n) is 7.17. The number of hydrogen-bond acceptors (Lipinski definition) is 5. The van der Waals surface area contributed by atoms with Crippen LogP contribution in [0.5, 0.6) is 5.75 Å². The minimum absolute atomic E-state index is 0.249. The molecule has 1 aliphatic rings. The molecule has 1 aliphatic carbocycles. The Kier molecular flexibility index (Phi) is 3.95. The number of benzene rings is 1. The van der Waals surface area contributed by atoms with Gasteiger partial charge in [0.1, 0.15) is 11.8 Å². The molecule has 1 fully saturated rings. The number of carbonyl (C=O) groups is 1. The highest BCUT2D eigenvalue weighted by Gasteiger charge is 2.28. The Hall–Kier alpha value is -2.57. The summed E-state index contributed by atoms with van der Waals surface area (Å²) in [7, 11) is 1.58. The summed E-state index contributed by atoms with van der Waals surface area (Å²) in [6.07, 6.45) is 2.04. The number of nitrogens with zero attached hydrogens (tertiary/aromatic N) is 2. The summed E-state index contributed by atoms with van der Waals surface area (Å²) >= 11 is 0. The second-order valence-electron chi connectivity index (χ2n) is 5.24. The van der Waals surface area contributed by atoms with Crippen molar-refractivity contribution in [2.24, 2.45) is 0 Å². The first-order valence-corrected chi connectivity index (χ1v) is 7.17. The molecule has 116 valence electrons. The van der Waals surface area contributed by atoms with Crippen LogP contribution in [0.4, 0.5) is 4.79 Å². The van der Waals surface area contributed by atoms with Crippen molar-refractivity contribution in [3.8, 4) is 5.75 Å². The number of amides is 2. The van der Waals surface area contributed by atoms with Crippen molar-refractivity contribution in [2.45, 2.75) is 31.8 Å². The molecular formula is C15H18N4O3. The van der Waals surface area contributed by atoms with Crippen LogP contribution in [0.25, 0.3) is 0 Å². The van der Waals surface area contributed by atoms with Crippen molar-refractivity contribution in [3.63, 3.8) is 0 Å². The van der Waals surface area contributed by atoms with Gasteiger partial charge < -0.3 is 19.9 Å². The van der Waals surface area contributed by atoms with Gasteiger partial charge in [0, 0.05) is 18.5 Å². The maximum atomic E-state index is 12.1. The third-order valence-electron chi connectivity index (χ3n) is 3.44. The summed E-state index contributed by atoms with van der Waals surface area (Å²) in [6.45, 7) is 1.71. The standard InChI is InChI=1S/C15H18N4O3/c1-9-16-14(19-22-9)13(18-15(20)17-10-7-8-10)11-5-3-4-6-12(11)21-2/h3-6,10,13H,7-8H2,1-2H3,(H2,17,18,20). The number of ether oxygens (including phenoxy) is 1. The van der Waals surface area contributed by atoms with Gasteiger partial charge in [-0.1, -0.05) is 23.4 Å². The molecule has 1 aromatic heterocycles. The lowest BCUT2D eigenvalue weighted by Gasteiger charge is -2.18. The monoisotopic (exact) mass is 302 g/mol. The van der Waals surface area contributed by atoms with Crippen molar-refractivity contribution >= 4 is 6.03 Å². The van der Waals surface area contributed by atoms with E-state index in [2.05, 4.69) is 20.8 Å². The van der Waals surface area contributed by atoms with Crippen LogP contribution in [0.2, 0.25) is 0 Å². The van der Waals surface area contributed by atoms with Crippen LogP contribution in [-0.4, -0.2) is 29.3 Å². The lowest BCUT2D eigenvalue weighted by atomic mass is 10.1. The topological polar surface area (TPSA) is 89.3 Å². The van der Waals surface area contributed by atoms with E-state index in [1.165, 1.54) is 0 Å². The summed E-state index contributed by atoms with van der Waals surface area (Å²) in [5.74, 6) is 1.49. The van der Waals surface area contributed by atoms with Gasteiger partial charge in [-0.15, -0.1) is 0 Å². The molecule has 1 aromatic carbocycles. The van der Waals surface area contributed by atoms with Gasteiger partial charge in [0.05, 0.1) is 7.11 Å². The highest BCUT2D eigenvalue weighted by Crippen LogP contribution is 2.28. The van der Waals surface area contributed by atoms with Crippen LogP contribution < -0.4 is 15.4 Å². The van der Waals surface area contributed by atoms with Gasteiger partial charge in [0.2, 0.25) is 5.89 Å². The number of nitrogens with one attached hydrogen (secondary N) is 2. The third kappa shape index (κ3) is 3.19. The summed E-state index contributed by atoms with van der Waals surface area (Å²) in [5, 5.41) is 9.72. The molecule has 0 aliphatic heterocycles. The summed E-state index contributed by atoms with van der Waals surface area (Å²) in [4.78, 5) is 16.3. The van der Waals surface area contributed by atoms with E-state index < -0.39 is 6.04 Å². The van der Waals surface area contributed by atoms with Gasteiger partial charge in [0.15, 0.2) is 5.82 Å². The Morgan fingerprint density at radius 2 is 2.18 bits per heavy atom. The average molecular weight is 302 g/mol. The Morgan fingerprint density at radius 1 is 1.41 bits per heavy atom. The fraction of sp³-hybridized carbons (Fsp3) is 0.400. The maximum absolute atomic E-state index is 12.1. The van der Waals surface area contributed by atoms with Crippen LogP contribution >= 0.6 is 0 Å². The molecule has 1 heterocycles. The second kappa shape index (κ2) is 6.05. The highest BCUT2D eigenvalue weighted by molar-refractivity contribution is 5.75. The smallest absolute Gasteiger partial charge is 0.315 e. The predicted molar refractivity (Wildman–Crippen MR) is 78.6 cm³/mol. The van der Waals surface area contributed by atoms with Crippen LogP contribution in [0, 0.1) is 6.92 Å². The molecule has 3 rings (SSSR count). The van der Waals surface area contributed by atoms with Gasteiger partial charge in [-0.2, -0.15) is 4.98 Å². The van der Waals surface area contributed by atoms with Crippen LogP contribution in [-0.2, 0) is 0 Å². The summed E-state index contributed by atoms with van der Waals surface area (Å²) in [5.41, 5.74) is 0.775. The molecule has 1 saturated carbocycles. The maximum Gasteiger partial charge on any atom is 0.315 e. The zero-order chi connectivity index (χ0) is 15.5. The van der Waals surface area contributed by atoms with Crippen LogP contribution in [0.15, 0.2) is 28.8 Å². The second-order valence-corrected chi connectivity index (χ2v) is 5.24. The molecular weight excluding hydrogens is 284 g/mol. The molecule has 2 aromatic rings. The first-order chi connectivity index (χ1) is 10.7. The van der Waals surface area contributed by atoms with E-state index in [1.807, 2.05) is 24.3 Å². The number of hydrogen-bond donors (Lipinski definition) is 2. The van der Waals surface area contributed by atoms with E-state index in [1.54, 1.807) is 14.0 Å². The SMILES string of the molecule is COc1ccccc1C(NC(=O)NC1CC1)c1noc(C)n1. The van der Waals surface area contributed by atoms with E-state index in [0.29, 0.717) is 17.5 Å². The molecule has 2 N–H and O–H groups in total. The summed E-state index contributed by atoms with van der Waals surface area (Å²) in [6, 6.07) is 6.92. The van der Waals surface area contributed by atoms with E-state index in [4.69, 9.17) is 9.26 Å². The molecule has 1 unspecified atom stereocenters. The summed E-state index contributed by atoms with van der Waals surface area (Å²) < 4.78 is 10.4. The molecule has 0 bridgehead atoms. The molecule has 0 radical (unpaired) electrons. The quantitative estimate of drug-likeness (QED) is 0.881. The molecule has 7 nitrogen and oxygen atoms in total. The lowest BCUT2D eigenvalue weighted by molar-refractivity contribution is 0.237.